The zero-order valence-electron chi connectivity index (χ0n) is 41.9. The van der Waals surface area contributed by atoms with E-state index in [1.54, 1.807) is 50.7 Å². The maximum atomic E-state index is 12.3. The maximum absolute atomic E-state index is 12.3. The van der Waals surface area contributed by atoms with Crippen molar-refractivity contribution in [3.05, 3.63) is 95.8 Å². The molecule has 3 aliphatic rings. The summed E-state index contributed by atoms with van der Waals surface area (Å²) in [5.74, 6) is -2.37. The third-order valence-electron chi connectivity index (χ3n) is 12.6. The summed E-state index contributed by atoms with van der Waals surface area (Å²) in [7, 11) is -10.3. The Bertz CT molecular complexity index is 2810. The van der Waals surface area contributed by atoms with E-state index in [4.69, 9.17) is 33.3 Å². The lowest BCUT2D eigenvalue weighted by Crippen LogP contribution is -2.32. The van der Waals surface area contributed by atoms with Gasteiger partial charge in [-0.3, -0.25) is 23.2 Å². The molecular formula is C49H66N3O19S3+. The number of hydroxylamine groups is 2. The van der Waals surface area contributed by atoms with Crippen molar-refractivity contribution in [1.82, 2.24) is 5.06 Å². The molecule has 0 aliphatic carbocycles. The molecule has 74 heavy (non-hydrogen) atoms. The lowest BCUT2D eigenvalue weighted by Gasteiger charge is -2.30. The third-order valence-corrected chi connectivity index (χ3v) is 15.1. The van der Waals surface area contributed by atoms with Crippen molar-refractivity contribution in [2.24, 2.45) is 0 Å². The van der Waals surface area contributed by atoms with Crippen LogP contribution < -0.4 is 4.90 Å². The molecule has 3 N–H and O–H groups in total. The first-order valence-electron chi connectivity index (χ1n) is 23.7. The number of allylic oxidation sites excluding steroid dienone is 8. The summed E-state index contributed by atoms with van der Waals surface area (Å²) in [5, 5.41) is 0.489. The number of methoxy groups -OCH3 is 2. The minimum Gasteiger partial charge on any atom is -0.385 e. The molecule has 0 saturated carbocycles. The molecule has 0 spiro atoms. The van der Waals surface area contributed by atoms with Crippen LogP contribution in [0.2, 0.25) is 0 Å². The van der Waals surface area contributed by atoms with Gasteiger partial charge in [0.05, 0.1) is 80.2 Å². The summed E-state index contributed by atoms with van der Waals surface area (Å²) in [6.45, 7) is 6.99. The highest BCUT2D eigenvalue weighted by Crippen LogP contribution is 2.51. The standard InChI is InChI=1S/C49H65N3O19S3/c1-48(20-10-34-72(56,57)58)39-35-37(73(59,60)61)13-15-41(39)50(22-26-66-4)43(48)11-8-6-5-7-9-12-44-49(2,21-25-65-3)40-36-38(74(62,63)64)14-16-42(40)51(44)23-27-68-29-31-70-33-32-69-30-28-67-24-19-47(55)71-52-45(53)17-18-46(52)54/h5-9,11-16,35-36H,10,17-34H2,1-4H3,(H2-,56,57,58,59,60,61,62,63,64)/p+1. The SMILES string of the molecule is COCC[N+]1=C(C=CC=CC=CC=C2N(CCOCCOCCOCCOCCC(=O)ON3C(=O)CCC3=O)c3ccc(S(=O)(=O)O)cc3C2(C)CCOC)C(C)(CCCS(=O)(=O)O)c2cc(S(=O)(=O)O)ccc21. The molecule has 25 heteroatoms. The van der Waals surface area contributed by atoms with E-state index in [2.05, 4.69) is 0 Å². The predicted octanol–water partition coefficient (Wildman–Crippen LogP) is 4.28. The minimum absolute atomic E-state index is 0.0129. The summed E-state index contributed by atoms with van der Waals surface area (Å²) in [6, 6.07) is 8.73. The van der Waals surface area contributed by atoms with E-state index in [9.17, 15) is 53.3 Å². The van der Waals surface area contributed by atoms with Gasteiger partial charge in [-0.1, -0.05) is 30.4 Å². The summed E-state index contributed by atoms with van der Waals surface area (Å²) in [5.41, 5.74) is 2.39. The molecule has 1 saturated heterocycles. The zero-order valence-corrected chi connectivity index (χ0v) is 44.3. The van der Waals surface area contributed by atoms with Crippen molar-refractivity contribution in [2.45, 2.75) is 73.0 Å². The number of nitrogens with zero attached hydrogens (tertiary/aromatic N) is 3. The summed E-state index contributed by atoms with van der Waals surface area (Å²) in [6.07, 6.45) is 13.3. The highest BCUT2D eigenvalue weighted by atomic mass is 32.2. The van der Waals surface area contributed by atoms with Crippen molar-refractivity contribution >= 4 is 65.2 Å². The van der Waals surface area contributed by atoms with Crippen molar-refractivity contribution in [1.29, 1.82) is 0 Å². The second-order valence-electron chi connectivity index (χ2n) is 17.7. The Hall–Kier alpha value is -5.03. The number of hydrogen-bond donors (Lipinski definition) is 3. The van der Waals surface area contributed by atoms with E-state index in [-0.39, 0.29) is 94.8 Å². The van der Waals surface area contributed by atoms with Gasteiger partial charge in [-0.15, -0.1) is 5.06 Å². The van der Waals surface area contributed by atoms with Crippen molar-refractivity contribution in [2.75, 3.05) is 104 Å². The fraction of sp³-hybridized carbons (Fsp3) is 0.510. The Morgan fingerprint density at radius 3 is 1.82 bits per heavy atom. The number of carbonyl (C=O) groups excluding carboxylic acids is 3. The van der Waals surface area contributed by atoms with Gasteiger partial charge < -0.3 is 38.2 Å². The van der Waals surface area contributed by atoms with Gasteiger partial charge in [-0.05, 0) is 75.1 Å². The van der Waals surface area contributed by atoms with E-state index in [0.29, 0.717) is 60.3 Å². The molecule has 1 fully saturated rings. The lowest BCUT2D eigenvalue weighted by atomic mass is 9.76. The third kappa shape index (κ3) is 16.2. The van der Waals surface area contributed by atoms with Gasteiger partial charge in [0.2, 0.25) is 5.69 Å². The largest absolute Gasteiger partial charge is 0.385 e. The fourth-order valence-corrected chi connectivity index (χ4v) is 10.4. The van der Waals surface area contributed by atoms with Gasteiger partial charge in [-0.25, -0.2) is 4.79 Å². The molecule has 0 aromatic heterocycles. The first-order chi connectivity index (χ1) is 35.0. The number of ether oxygens (including phenoxy) is 6. The van der Waals surface area contributed by atoms with E-state index in [1.807, 2.05) is 41.6 Å². The first kappa shape index (κ1) is 59.8. The van der Waals surface area contributed by atoms with Crippen LogP contribution >= 0.6 is 0 Å². The van der Waals surface area contributed by atoms with Gasteiger partial charge in [0.15, 0.2) is 12.3 Å². The van der Waals surface area contributed by atoms with Crippen LogP contribution in [-0.4, -0.2) is 171 Å². The fourth-order valence-electron chi connectivity index (χ4n) is 8.85. The number of imide groups is 1. The van der Waals surface area contributed by atoms with Crippen LogP contribution in [0.1, 0.15) is 63.5 Å². The maximum Gasteiger partial charge on any atom is 0.335 e. The second kappa shape index (κ2) is 27.1. The van der Waals surface area contributed by atoms with Crippen LogP contribution in [0, 0.1) is 0 Å². The van der Waals surface area contributed by atoms with Gasteiger partial charge in [-0.2, -0.15) is 29.8 Å². The number of benzene rings is 2. The normalized spacial score (nSPS) is 19.9. The Balaban J connectivity index is 1.22. The van der Waals surface area contributed by atoms with Crippen LogP contribution in [-0.2, 0) is 88.8 Å². The number of anilines is 1. The van der Waals surface area contributed by atoms with Crippen molar-refractivity contribution in [3.8, 4) is 0 Å². The highest BCUT2D eigenvalue weighted by Gasteiger charge is 2.48. The number of hydrogen-bond acceptors (Lipinski definition) is 17. The van der Waals surface area contributed by atoms with Gasteiger partial charge in [0, 0.05) is 74.7 Å². The van der Waals surface area contributed by atoms with Gasteiger partial charge >= 0.3 is 5.97 Å². The van der Waals surface area contributed by atoms with E-state index in [1.165, 1.54) is 24.3 Å². The first-order valence-corrected chi connectivity index (χ1v) is 28.2. The Kier molecular flexibility index (Phi) is 22.0. The molecule has 2 unspecified atom stereocenters. The molecule has 22 nitrogen and oxygen atoms in total. The van der Waals surface area contributed by atoms with Crippen LogP contribution in [0.3, 0.4) is 0 Å². The zero-order chi connectivity index (χ0) is 54.2. The molecule has 2 atom stereocenters. The second-order valence-corrected chi connectivity index (χ2v) is 22.1. The number of carbonyl (C=O) groups is 3. The monoisotopic (exact) mass is 1100 g/mol. The molecule has 3 heterocycles. The summed E-state index contributed by atoms with van der Waals surface area (Å²) in [4.78, 5) is 41.3. The molecule has 408 valence electrons. The van der Waals surface area contributed by atoms with E-state index < -0.39 is 64.7 Å². The smallest absolute Gasteiger partial charge is 0.335 e. The molecule has 0 radical (unpaired) electrons. The number of rotatable bonds is 32. The average molecular weight is 1100 g/mol. The van der Waals surface area contributed by atoms with Crippen LogP contribution in [0.25, 0.3) is 0 Å². The van der Waals surface area contributed by atoms with Crippen LogP contribution in [0.15, 0.2) is 94.4 Å². The molecule has 2 amide bonds. The van der Waals surface area contributed by atoms with E-state index in [0.717, 1.165) is 11.4 Å². The molecule has 5 rings (SSSR count). The lowest BCUT2D eigenvalue weighted by molar-refractivity contribution is -0.441. The number of amides is 2. The Morgan fingerprint density at radius 1 is 0.676 bits per heavy atom. The Labute approximate surface area is 432 Å². The molecule has 3 aliphatic heterocycles. The summed E-state index contributed by atoms with van der Waals surface area (Å²) >= 11 is 0. The predicted molar refractivity (Wildman–Crippen MR) is 269 cm³/mol. The topological polar surface area (TPSA) is 288 Å². The average Bonchev–Trinajstić information content (AvgIpc) is 3.87. The van der Waals surface area contributed by atoms with Gasteiger partial charge in [0.1, 0.15) is 6.61 Å². The molecule has 0 bridgehead atoms. The Morgan fingerprint density at radius 2 is 1.23 bits per heavy atom. The van der Waals surface area contributed by atoms with Gasteiger partial charge in [0.25, 0.3) is 42.2 Å². The minimum atomic E-state index is -4.57. The quantitative estimate of drug-likeness (QED) is 0.0303. The van der Waals surface area contributed by atoms with Crippen LogP contribution in [0.4, 0.5) is 11.4 Å². The number of fused-ring (bicyclic) bond motifs is 2. The van der Waals surface area contributed by atoms with E-state index >= 15 is 0 Å². The summed E-state index contributed by atoms with van der Waals surface area (Å²) < 4.78 is 137. The highest BCUT2D eigenvalue weighted by molar-refractivity contribution is 7.86. The molecular weight excluding hydrogens is 1030 g/mol. The van der Waals surface area contributed by atoms with Crippen molar-refractivity contribution in [3.63, 3.8) is 0 Å². The van der Waals surface area contributed by atoms with Crippen LogP contribution in [0.5, 0.6) is 0 Å². The molecule has 2 aromatic carbocycles. The molecule has 2 aromatic rings. The van der Waals surface area contributed by atoms with Crippen molar-refractivity contribution < 1.29 is 91.1 Å².